The fourth-order valence-corrected chi connectivity index (χ4v) is 2.92. The smallest absolute Gasteiger partial charge is 0.240 e. The molecule has 0 aromatic carbocycles. The van der Waals surface area contributed by atoms with Crippen LogP contribution in [0.5, 0.6) is 0 Å². The molecule has 1 saturated heterocycles. The molecule has 0 bridgehead atoms. The Labute approximate surface area is 107 Å². The fourth-order valence-electron chi connectivity index (χ4n) is 2.92. The summed E-state index contributed by atoms with van der Waals surface area (Å²) in [5.41, 5.74) is 2.34. The van der Waals surface area contributed by atoms with Gasteiger partial charge in [0.05, 0.1) is 6.04 Å². The standard InChI is InChI=1S/C14H19N3O/c1-10-4-7-16-13(10)14(18)17-8-5-12-11(9-17)3-2-6-15-12/h2-3,6,10,13,16H,4-5,7-9H2,1H3. The average Bonchev–Trinajstić information content (AvgIpc) is 2.83. The maximum absolute atomic E-state index is 12.5. The van der Waals surface area contributed by atoms with Crippen LogP contribution in [0.4, 0.5) is 0 Å². The van der Waals surface area contributed by atoms with Crippen LogP contribution in [0.3, 0.4) is 0 Å². The monoisotopic (exact) mass is 245 g/mol. The van der Waals surface area contributed by atoms with Crippen molar-refractivity contribution in [2.75, 3.05) is 13.1 Å². The normalized spacial score (nSPS) is 27.1. The van der Waals surface area contributed by atoms with Gasteiger partial charge in [0.2, 0.25) is 5.91 Å². The van der Waals surface area contributed by atoms with E-state index in [1.54, 1.807) is 0 Å². The number of aromatic nitrogens is 1. The Morgan fingerprint density at radius 1 is 1.56 bits per heavy atom. The van der Waals surface area contributed by atoms with Crippen molar-refractivity contribution >= 4 is 5.91 Å². The Morgan fingerprint density at radius 2 is 2.44 bits per heavy atom. The van der Waals surface area contributed by atoms with Gasteiger partial charge in [-0.15, -0.1) is 0 Å². The van der Waals surface area contributed by atoms with Crippen LogP contribution >= 0.6 is 0 Å². The summed E-state index contributed by atoms with van der Waals surface area (Å²) >= 11 is 0. The molecule has 0 radical (unpaired) electrons. The first-order valence-corrected chi connectivity index (χ1v) is 6.70. The molecule has 2 aliphatic heterocycles. The number of hydrogen-bond donors (Lipinski definition) is 1. The lowest BCUT2D eigenvalue weighted by Gasteiger charge is -2.31. The van der Waals surface area contributed by atoms with Gasteiger partial charge in [0.1, 0.15) is 0 Å². The molecule has 0 aliphatic carbocycles. The topological polar surface area (TPSA) is 45.2 Å². The summed E-state index contributed by atoms with van der Waals surface area (Å²) in [5, 5.41) is 3.32. The molecular weight excluding hydrogens is 226 g/mol. The lowest BCUT2D eigenvalue weighted by Crippen LogP contribution is -2.47. The van der Waals surface area contributed by atoms with Gasteiger partial charge in [-0.1, -0.05) is 13.0 Å². The maximum Gasteiger partial charge on any atom is 0.240 e. The molecule has 1 amide bonds. The first kappa shape index (κ1) is 11.7. The molecule has 0 spiro atoms. The highest BCUT2D eigenvalue weighted by Crippen LogP contribution is 2.21. The van der Waals surface area contributed by atoms with Crippen molar-refractivity contribution in [3.63, 3.8) is 0 Å². The fraction of sp³-hybridized carbons (Fsp3) is 0.571. The summed E-state index contributed by atoms with van der Waals surface area (Å²) in [6.07, 6.45) is 3.81. The van der Waals surface area contributed by atoms with Gasteiger partial charge in [-0.3, -0.25) is 9.78 Å². The number of rotatable bonds is 1. The molecule has 96 valence electrons. The van der Waals surface area contributed by atoms with Crippen molar-refractivity contribution in [3.05, 3.63) is 29.6 Å². The number of amides is 1. The van der Waals surface area contributed by atoms with Gasteiger partial charge in [0.15, 0.2) is 0 Å². The van der Waals surface area contributed by atoms with Crippen molar-refractivity contribution in [3.8, 4) is 0 Å². The molecule has 4 nitrogen and oxygen atoms in total. The number of carbonyl (C=O) groups is 1. The van der Waals surface area contributed by atoms with E-state index >= 15 is 0 Å². The summed E-state index contributed by atoms with van der Waals surface area (Å²) in [7, 11) is 0. The zero-order valence-corrected chi connectivity index (χ0v) is 10.7. The van der Waals surface area contributed by atoms with Gasteiger partial charge < -0.3 is 10.2 Å². The Morgan fingerprint density at radius 3 is 3.22 bits per heavy atom. The Hall–Kier alpha value is -1.42. The van der Waals surface area contributed by atoms with Gasteiger partial charge in [-0.2, -0.15) is 0 Å². The van der Waals surface area contributed by atoms with Crippen LogP contribution in [-0.4, -0.2) is 34.9 Å². The summed E-state index contributed by atoms with van der Waals surface area (Å²) < 4.78 is 0. The molecule has 2 atom stereocenters. The zero-order chi connectivity index (χ0) is 12.5. The third kappa shape index (κ3) is 2.01. The molecule has 18 heavy (non-hydrogen) atoms. The minimum absolute atomic E-state index is 0.0169. The number of nitrogens with one attached hydrogen (secondary N) is 1. The number of hydrogen-bond acceptors (Lipinski definition) is 3. The summed E-state index contributed by atoms with van der Waals surface area (Å²) in [5.74, 6) is 0.710. The molecule has 1 fully saturated rings. The quantitative estimate of drug-likeness (QED) is 0.801. The molecule has 0 saturated carbocycles. The molecule has 1 aromatic rings. The van der Waals surface area contributed by atoms with Crippen LogP contribution in [-0.2, 0) is 17.8 Å². The molecule has 4 heteroatoms. The Bertz CT molecular complexity index is 460. The van der Waals surface area contributed by atoms with Crippen molar-refractivity contribution in [2.24, 2.45) is 5.92 Å². The number of carbonyl (C=O) groups excluding carboxylic acids is 1. The zero-order valence-electron chi connectivity index (χ0n) is 10.7. The predicted octanol–water partition coefficient (Wildman–Crippen LogP) is 0.964. The van der Waals surface area contributed by atoms with E-state index in [-0.39, 0.29) is 11.9 Å². The average molecular weight is 245 g/mol. The minimum Gasteiger partial charge on any atom is -0.337 e. The van der Waals surface area contributed by atoms with Crippen LogP contribution in [0.1, 0.15) is 24.6 Å². The summed E-state index contributed by atoms with van der Waals surface area (Å²) in [4.78, 5) is 18.8. The maximum atomic E-state index is 12.5. The van der Waals surface area contributed by atoms with E-state index in [1.165, 1.54) is 5.56 Å². The molecule has 3 rings (SSSR count). The first-order chi connectivity index (χ1) is 8.75. The number of fused-ring (bicyclic) bond motifs is 1. The Kier molecular flexibility index (Phi) is 3.04. The van der Waals surface area contributed by atoms with E-state index in [2.05, 4.69) is 23.3 Å². The van der Waals surface area contributed by atoms with Gasteiger partial charge in [-0.05, 0) is 30.5 Å². The molecule has 2 unspecified atom stereocenters. The third-order valence-corrected chi connectivity index (χ3v) is 4.07. The van der Waals surface area contributed by atoms with E-state index in [0.29, 0.717) is 12.5 Å². The molecule has 1 N–H and O–H groups in total. The summed E-state index contributed by atoms with van der Waals surface area (Å²) in [6.45, 7) is 4.63. The molecule has 1 aromatic heterocycles. The van der Waals surface area contributed by atoms with E-state index in [1.807, 2.05) is 17.2 Å². The Balaban J connectivity index is 1.74. The highest BCUT2D eigenvalue weighted by molar-refractivity contribution is 5.82. The van der Waals surface area contributed by atoms with Gasteiger partial charge in [0.25, 0.3) is 0 Å². The SMILES string of the molecule is CC1CCNC1C(=O)N1CCc2ncccc2C1. The number of nitrogens with zero attached hydrogens (tertiary/aromatic N) is 2. The van der Waals surface area contributed by atoms with Crippen molar-refractivity contribution in [1.29, 1.82) is 0 Å². The van der Waals surface area contributed by atoms with Gasteiger partial charge in [0, 0.05) is 31.4 Å². The summed E-state index contributed by atoms with van der Waals surface area (Å²) in [6, 6.07) is 4.04. The lowest BCUT2D eigenvalue weighted by molar-refractivity contribution is -0.134. The van der Waals surface area contributed by atoms with Crippen LogP contribution in [0.15, 0.2) is 18.3 Å². The second-order valence-corrected chi connectivity index (χ2v) is 5.32. The van der Waals surface area contributed by atoms with E-state index in [0.717, 1.165) is 31.6 Å². The van der Waals surface area contributed by atoms with Gasteiger partial charge >= 0.3 is 0 Å². The van der Waals surface area contributed by atoms with Crippen LogP contribution in [0.25, 0.3) is 0 Å². The lowest BCUT2D eigenvalue weighted by atomic mass is 10.00. The van der Waals surface area contributed by atoms with Crippen LogP contribution in [0.2, 0.25) is 0 Å². The largest absolute Gasteiger partial charge is 0.337 e. The van der Waals surface area contributed by atoms with Crippen LogP contribution in [0, 0.1) is 5.92 Å². The molecule has 3 heterocycles. The first-order valence-electron chi connectivity index (χ1n) is 6.70. The van der Waals surface area contributed by atoms with Crippen molar-refractivity contribution in [2.45, 2.75) is 32.4 Å². The van der Waals surface area contributed by atoms with Crippen molar-refractivity contribution in [1.82, 2.24) is 15.2 Å². The second kappa shape index (κ2) is 4.69. The molecular formula is C14H19N3O. The van der Waals surface area contributed by atoms with E-state index in [4.69, 9.17) is 0 Å². The molecule has 2 aliphatic rings. The highest BCUT2D eigenvalue weighted by atomic mass is 16.2. The van der Waals surface area contributed by atoms with Crippen LogP contribution < -0.4 is 5.32 Å². The van der Waals surface area contributed by atoms with E-state index < -0.39 is 0 Å². The second-order valence-electron chi connectivity index (χ2n) is 5.32. The number of pyridine rings is 1. The minimum atomic E-state index is 0.0169. The van der Waals surface area contributed by atoms with Gasteiger partial charge in [-0.25, -0.2) is 0 Å². The van der Waals surface area contributed by atoms with Crippen molar-refractivity contribution < 1.29 is 4.79 Å². The predicted molar refractivity (Wildman–Crippen MR) is 68.9 cm³/mol. The third-order valence-electron chi connectivity index (χ3n) is 4.07. The highest BCUT2D eigenvalue weighted by Gasteiger charge is 2.33. The van der Waals surface area contributed by atoms with E-state index in [9.17, 15) is 4.79 Å².